The van der Waals surface area contributed by atoms with E-state index in [0.717, 1.165) is 10.0 Å². The quantitative estimate of drug-likeness (QED) is 0.422. The lowest BCUT2D eigenvalue weighted by Crippen LogP contribution is -3.00. The van der Waals surface area contributed by atoms with Gasteiger partial charge in [0, 0.05) is 22.2 Å². The molecule has 0 bridgehead atoms. The first-order chi connectivity index (χ1) is 9.25. The highest BCUT2D eigenvalue weighted by Gasteiger charge is 2.06. The van der Waals surface area contributed by atoms with Crippen molar-refractivity contribution in [2.45, 2.75) is 6.54 Å². The van der Waals surface area contributed by atoms with Crippen LogP contribution in [0.25, 0.3) is 0 Å². The number of hydrogen-bond donors (Lipinski definition) is 1. The molecule has 6 heteroatoms. The van der Waals surface area contributed by atoms with Crippen molar-refractivity contribution in [1.29, 1.82) is 0 Å². The van der Waals surface area contributed by atoms with Crippen LogP contribution in [0.3, 0.4) is 0 Å². The zero-order valence-corrected chi connectivity index (χ0v) is 12.9. The summed E-state index contributed by atoms with van der Waals surface area (Å²) in [5.41, 5.74) is 3.41. The van der Waals surface area contributed by atoms with Crippen molar-refractivity contribution in [3.05, 3.63) is 64.9 Å². The number of halogens is 2. The van der Waals surface area contributed by atoms with Gasteiger partial charge in [-0.3, -0.25) is 4.79 Å². The standard InChI is InChI=1S/C14H12BrN3O.ClH/c15-13-7-3-2-6-12(13)10-16-17-14(19)11-18-8-4-1-5-9-18;/h1-10H,11H2;1H/b16-10-;. The number of nitrogens with zero attached hydrogens (tertiary/aromatic N) is 2. The molecule has 20 heavy (non-hydrogen) atoms. The van der Waals surface area contributed by atoms with Gasteiger partial charge in [-0.15, -0.1) is 0 Å². The number of hydrazone groups is 1. The summed E-state index contributed by atoms with van der Waals surface area (Å²) in [6.07, 6.45) is 5.27. The molecule has 0 aliphatic carbocycles. The topological polar surface area (TPSA) is 45.3 Å². The largest absolute Gasteiger partial charge is 1.00 e. The summed E-state index contributed by atoms with van der Waals surface area (Å²) in [6, 6.07) is 13.3. The molecule has 0 fully saturated rings. The molecule has 4 nitrogen and oxygen atoms in total. The first-order valence-corrected chi connectivity index (χ1v) is 6.55. The lowest BCUT2D eigenvalue weighted by Gasteiger charge is -1.98. The summed E-state index contributed by atoms with van der Waals surface area (Å²) in [4.78, 5) is 11.6. The summed E-state index contributed by atoms with van der Waals surface area (Å²) in [6.45, 7) is 0.244. The van der Waals surface area contributed by atoms with Crippen molar-refractivity contribution in [3.8, 4) is 0 Å². The molecule has 0 saturated carbocycles. The SMILES string of the molecule is O=C(C[n+]1ccccc1)N/N=C\c1ccccc1Br.[Cl-]. The minimum absolute atomic E-state index is 0. The van der Waals surface area contributed by atoms with Gasteiger partial charge >= 0.3 is 5.91 Å². The maximum atomic E-state index is 11.6. The predicted molar refractivity (Wildman–Crippen MR) is 76.5 cm³/mol. The van der Waals surface area contributed by atoms with Crippen molar-refractivity contribution in [2.75, 3.05) is 0 Å². The average Bonchev–Trinajstić information content (AvgIpc) is 2.42. The van der Waals surface area contributed by atoms with Crippen LogP contribution in [0.1, 0.15) is 5.56 Å². The van der Waals surface area contributed by atoms with Crippen molar-refractivity contribution in [3.63, 3.8) is 0 Å². The van der Waals surface area contributed by atoms with Crippen molar-refractivity contribution >= 4 is 28.1 Å². The van der Waals surface area contributed by atoms with Crippen LogP contribution in [0.2, 0.25) is 0 Å². The molecule has 0 unspecified atom stereocenters. The smallest absolute Gasteiger partial charge is 0.305 e. The van der Waals surface area contributed by atoms with E-state index in [-0.39, 0.29) is 24.9 Å². The number of carbonyl (C=O) groups excluding carboxylic acids is 1. The Bertz CT molecular complexity index is 590. The molecule has 1 heterocycles. The van der Waals surface area contributed by atoms with E-state index in [2.05, 4.69) is 26.5 Å². The maximum Gasteiger partial charge on any atom is 0.305 e. The molecule has 2 rings (SSSR count). The maximum absolute atomic E-state index is 11.6. The number of hydrogen-bond acceptors (Lipinski definition) is 2. The van der Waals surface area contributed by atoms with Gasteiger partial charge in [0.05, 0.1) is 6.21 Å². The number of carbonyl (C=O) groups is 1. The average molecular weight is 355 g/mol. The summed E-state index contributed by atoms with van der Waals surface area (Å²) in [5.74, 6) is -0.167. The molecule has 0 atom stereocenters. The Morgan fingerprint density at radius 1 is 1.20 bits per heavy atom. The van der Waals surface area contributed by atoms with E-state index in [1.165, 1.54) is 0 Å². The summed E-state index contributed by atoms with van der Waals surface area (Å²) >= 11 is 3.41. The van der Waals surface area contributed by atoms with Crippen LogP contribution in [-0.2, 0) is 11.3 Å². The molecule has 0 radical (unpaired) electrons. The second-order valence-electron chi connectivity index (χ2n) is 3.86. The number of aromatic nitrogens is 1. The van der Waals surface area contributed by atoms with Crippen LogP contribution in [-0.4, -0.2) is 12.1 Å². The van der Waals surface area contributed by atoms with Crippen LogP contribution in [0.15, 0.2) is 64.4 Å². The van der Waals surface area contributed by atoms with E-state index < -0.39 is 0 Å². The van der Waals surface area contributed by atoms with Gasteiger partial charge < -0.3 is 12.4 Å². The van der Waals surface area contributed by atoms with Crippen LogP contribution in [0, 0.1) is 0 Å². The molecule has 0 saturated heterocycles. The van der Waals surface area contributed by atoms with Gasteiger partial charge in [-0.25, -0.2) is 5.43 Å². The van der Waals surface area contributed by atoms with Crippen LogP contribution in [0.4, 0.5) is 0 Å². The fraction of sp³-hybridized carbons (Fsp3) is 0.0714. The summed E-state index contributed by atoms with van der Waals surface area (Å²) in [7, 11) is 0. The first kappa shape index (κ1) is 16.3. The lowest BCUT2D eigenvalue weighted by atomic mass is 10.2. The van der Waals surface area contributed by atoms with Gasteiger partial charge in [-0.1, -0.05) is 40.2 Å². The second-order valence-corrected chi connectivity index (χ2v) is 4.72. The number of rotatable bonds is 4. The number of amides is 1. The van der Waals surface area contributed by atoms with Crippen molar-refractivity contribution in [2.24, 2.45) is 5.10 Å². The van der Waals surface area contributed by atoms with E-state index in [0.29, 0.717) is 0 Å². The van der Waals surface area contributed by atoms with Gasteiger partial charge in [-0.2, -0.15) is 9.67 Å². The van der Waals surface area contributed by atoms with E-state index in [9.17, 15) is 4.79 Å². The van der Waals surface area contributed by atoms with Gasteiger partial charge in [-0.05, 0) is 6.07 Å². The van der Waals surface area contributed by atoms with Crippen LogP contribution in [0.5, 0.6) is 0 Å². The summed E-state index contributed by atoms with van der Waals surface area (Å²) in [5, 5.41) is 3.93. The third-order valence-electron chi connectivity index (χ3n) is 2.40. The fourth-order valence-corrected chi connectivity index (χ4v) is 1.88. The molecule has 104 valence electrons. The molecule has 2 aromatic rings. The Balaban J connectivity index is 0.00000200. The Kier molecular flexibility index (Phi) is 6.90. The van der Waals surface area contributed by atoms with E-state index in [1.807, 2.05) is 54.9 Å². The van der Waals surface area contributed by atoms with Crippen molar-refractivity contribution in [1.82, 2.24) is 5.43 Å². The van der Waals surface area contributed by atoms with E-state index in [4.69, 9.17) is 0 Å². The number of benzene rings is 1. The zero-order chi connectivity index (χ0) is 13.5. The third-order valence-corrected chi connectivity index (χ3v) is 3.12. The number of pyridine rings is 1. The Labute approximate surface area is 132 Å². The molecular weight excluding hydrogens is 342 g/mol. The highest BCUT2D eigenvalue weighted by atomic mass is 79.9. The highest BCUT2D eigenvalue weighted by Crippen LogP contribution is 2.13. The van der Waals surface area contributed by atoms with E-state index in [1.54, 1.807) is 10.8 Å². The highest BCUT2D eigenvalue weighted by molar-refractivity contribution is 9.10. The van der Waals surface area contributed by atoms with Crippen LogP contribution >= 0.6 is 15.9 Å². The Morgan fingerprint density at radius 2 is 1.90 bits per heavy atom. The van der Waals surface area contributed by atoms with Gasteiger partial charge in [0.15, 0.2) is 12.4 Å². The number of nitrogens with one attached hydrogen (secondary N) is 1. The van der Waals surface area contributed by atoms with Crippen LogP contribution < -0.4 is 22.4 Å². The fourth-order valence-electron chi connectivity index (χ4n) is 1.49. The molecule has 1 N–H and O–H groups in total. The summed E-state index contributed by atoms with van der Waals surface area (Å²) < 4.78 is 2.72. The minimum atomic E-state index is -0.167. The monoisotopic (exact) mass is 353 g/mol. The molecule has 1 aromatic heterocycles. The normalized spacial score (nSPS) is 10.1. The lowest BCUT2D eigenvalue weighted by molar-refractivity contribution is -0.684. The molecular formula is C14H13BrClN3O. The van der Waals surface area contributed by atoms with Crippen molar-refractivity contribution < 1.29 is 21.8 Å². The van der Waals surface area contributed by atoms with Gasteiger partial charge in [0.2, 0.25) is 6.54 Å². The second kappa shape index (κ2) is 8.45. The first-order valence-electron chi connectivity index (χ1n) is 5.76. The molecule has 0 aliphatic heterocycles. The molecule has 0 spiro atoms. The third kappa shape index (κ3) is 5.11. The minimum Gasteiger partial charge on any atom is -1.00 e. The van der Waals surface area contributed by atoms with Gasteiger partial charge in [0.1, 0.15) is 0 Å². The zero-order valence-electron chi connectivity index (χ0n) is 10.5. The Hall–Kier alpha value is -1.72. The predicted octanol–water partition coefficient (Wildman–Crippen LogP) is -1.11. The van der Waals surface area contributed by atoms with E-state index >= 15 is 0 Å². The molecule has 1 amide bonds. The van der Waals surface area contributed by atoms with Gasteiger partial charge in [0.25, 0.3) is 0 Å². The molecule has 0 aliphatic rings. The Morgan fingerprint density at radius 3 is 2.60 bits per heavy atom. The molecule has 1 aromatic carbocycles.